The molecule has 0 aliphatic rings. The molecule has 1 rings (SSSR count). The summed E-state index contributed by atoms with van der Waals surface area (Å²) in [5.74, 6) is 1.02. The van der Waals surface area contributed by atoms with Crippen molar-refractivity contribution in [1.82, 2.24) is 5.32 Å². The summed E-state index contributed by atoms with van der Waals surface area (Å²) in [6.07, 6.45) is 1.02. The van der Waals surface area contributed by atoms with Crippen molar-refractivity contribution in [2.75, 3.05) is 20.2 Å². The molecule has 0 radical (unpaired) electrons. The van der Waals surface area contributed by atoms with Gasteiger partial charge in [-0.1, -0.05) is 17.7 Å². The first-order chi connectivity index (χ1) is 6.77. The van der Waals surface area contributed by atoms with E-state index in [1.165, 1.54) is 11.1 Å². The molecule has 0 fully saturated rings. The van der Waals surface area contributed by atoms with Gasteiger partial charge >= 0.3 is 0 Å². The molecule has 0 aromatic heterocycles. The smallest absolute Gasteiger partial charge is 0.122 e. The van der Waals surface area contributed by atoms with Gasteiger partial charge in [-0.3, -0.25) is 0 Å². The van der Waals surface area contributed by atoms with Crippen molar-refractivity contribution in [2.45, 2.75) is 20.3 Å². The van der Waals surface area contributed by atoms with Crippen LogP contribution in [0.2, 0.25) is 0 Å². The number of ether oxygens (including phenoxy) is 1. The van der Waals surface area contributed by atoms with Crippen LogP contribution in [0.5, 0.6) is 5.75 Å². The lowest BCUT2D eigenvalue weighted by Gasteiger charge is -2.10. The van der Waals surface area contributed by atoms with E-state index >= 15 is 0 Å². The van der Waals surface area contributed by atoms with Gasteiger partial charge in [0.25, 0.3) is 0 Å². The van der Waals surface area contributed by atoms with Crippen LogP contribution in [0.1, 0.15) is 18.1 Å². The summed E-state index contributed by atoms with van der Waals surface area (Å²) >= 11 is 0. The van der Waals surface area contributed by atoms with Crippen LogP contribution in [0, 0.1) is 6.92 Å². The summed E-state index contributed by atoms with van der Waals surface area (Å²) < 4.78 is 5.56. The third-order valence-corrected chi connectivity index (χ3v) is 2.16. The predicted molar refractivity (Wildman–Crippen MR) is 60.0 cm³/mol. The van der Waals surface area contributed by atoms with Crippen molar-refractivity contribution in [1.29, 1.82) is 0 Å². The summed E-state index contributed by atoms with van der Waals surface area (Å²) in [5.41, 5.74) is 2.58. The van der Waals surface area contributed by atoms with Gasteiger partial charge in [-0.25, -0.2) is 0 Å². The highest BCUT2D eigenvalue weighted by Gasteiger charge is 2.02. The molecule has 0 aliphatic carbocycles. The molecule has 78 valence electrons. The van der Waals surface area contributed by atoms with Gasteiger partial charge in [0, 0.05) is 0 Å². The molecule has 0 bridgehead atoms. The zero-order chi connectivity index (χ0) is 10.4. The average Bonchev–Trinajstić information content (AvgIpc) is 2.18. The Hall–Kier alpha value is -1.02. The monoisotopic (exact) mass is 193 g/mol. The van der Waals surface area contributed by atoms with Gasteiger partial charge in [0.2, 0.25) is 0 Å². The summed E-state index contributed by atoms with van der Waals surface area (Å²) in [7, 11) is 1.97. The normalized spacial score (nSPS) is 10.2. The molecule has 1 N–H and O–H groups in total. The van der Waals surface area contributed by atoms with Crippen LogP contribution in [0.3, 0.4) is 0 Å². The summed E-state index contributed by atoms with van der Waals surface area (Å²) in [5, 5.41) is 3.15. The molecule has 0 spiro atoms. The maximum atomic E-state index is 5.56. The number of likely N-dealkylation sites (N-methyl/N-ethyl adjacent to an activating group) is 1. The van der Waals surface area contributed by atoms with E-state index in [1.807, 2.05) is 14.0 Å². The van der Waals surface area contributed by atoms with Crippen molar-refractivity contribution in [2.24, 2.45) is 0 Å². The first-order valence-corrected chi connectivity index (χ1v) is 5.15. The van der Waals surface area contributed by atoms with Crippen molar-refractivity contribution in [3.05, 3.63) is 29.3 Å². The van der Waals surface area contributed by atoms with Gasteiger partial charge in [-0.2, -0.15) is 0 Å². The molecule has 0 heterocycles. The molecule has 0 aliphatic heterocycles. The highest BCUT2D eigenvalue weighted by atomic mass is 16.5. The minimum absolute atomic E-state index is 0.732. The maximum Gasteiger partial charge on any atom is 0.122 e. The Morgan fingerprint density at radius 1 is 1.36 bits per heavy atom. The first kappa shape index (κ1) is 11.1. The summed E-state index contributed by atoms with van der Waals surface area (Å²) in [4.78, 5) is 0. The van der Waals surface area contributed by atoms with E-state index in [4.69, 9.17) is 4.74 Å². The Kier molecular flexibility index (Phi) is 4.47. The molecule has 1 aromatic carbocycles. The van der Waals surface area contributed by atoms with Gasteiger partial charge in [0.05, 0.1) is 6.61 Å². The van der Waals surface area contributed by atoms with E-state index in [0.717, 1.165) is 25.3 Å². The van der Waals surface area contributed by atoms with Crippen LogP contribution < -0.4 is 10.1 Å². The van der Waals surface area contributed by atoms with Crippen molar-refractivity contribution in [3.63, 3.8) is 0 Å². The van der Waals surface area contributed by atoms with Crippen molar-refractivity contribution < 1.29 is 4.74 Å². The van der Waals surface area contributed by atoms with Gasteiger partial charge < -0.3 is 10.1 Å². The molecule has 0 amide bonds. The van der Waals surface area contributed by atoms with Gasteiger partial charge in [0.1, 0.15) is 5.75 Å². The predicted octanol–water partition coefficient (Wildman–Crippen LogP) is 2.16. The van der Waals surface area contributed by atoms with E-state index in [2.05, 4.69) is 30.4 Å². The third-order valence-electron chi connectivity index (χ3n) is 2.16. The lowest BCUT2D eigenvalue weighted by molar-refractivity contribution is 0.336. The SMILES string of the molecule is CCOc1ccc(C)cc1CCNC. The molecule has 14 heavy (non-hydrogen) atoms. The van der Waals surface area contributed by atoms with Gasteiger partial charge in [-0.05, 0) is 45.5 Å². The molecular weight excluding hydrogens is 174 g/mol. The number of rotatable bonds is 5. The zero-order valence-electron chi connectivity index (χ0n) is 9.26. The fourth-order valence-electron chi connectivity index (χ4n) is 1.46. The lowest BCUT2D eigenvalue weighted by atomic mass is 10.1. The number of benzene rings is 1. The molecule has 0 saturated carbocycles. The number of hydrogen-bond acceptors (Lipinski definition) is 2. The number of aryl methyl sites for hydroxylation is 1. The Morgan fingerprint density at radius 2 is 2.14 bits per heavy atom. The Balaban J connectivity index is 2.79. The molecule has 0 unspecified atom stereocenters. The van der Waals surface area contributed by atoms with Crippen LogP contribution in [-0.2, 0) is 6.42 Å². The second kappa shape index (κ2) is 5.66. The van der Waals surface area contributed by atoms with Crippen LogP contribution in [-0.4, -0.2) is 20.2 Å². The second-order valence-corrected chi connectivity index (χ2v) is 3.40. The summed E-state index contributed by atoms with van der Waals surface area (Å²) in [6.45, 7) is 5.85. The van der Waals surface area contributed by atoms with Crippen LogP contribution in [0.15, 0.2) is 18.2 Å². The summed E-state index contributed by atoms with van der Waals surface area (Å²) in [6, 6.07) is 6.35. The standard InChI is InChI=1S/C12H19NO/c1-4-14-12-6-5-10(2)9-11(12)7-8-13-3/h5-6,9,13H,4,7-8H2,1-3H3. The Labute approximate surface area is 86.3 Å². The van der Waals surface area contributed by atoms with E-state index in [1.54, 1.807) is 0 Å². The van der Waals surface area contributed by atoms with Crippen LogP contribution >= 0.6 is 0 Å². The van der Waals surface area contributed by atoms with Crippen LogP contribution in [0.4, 0.5) is 0 Å². The first-order valence-electron chi connectivity index (χ1n) is 5.15. The van der Waals surface area contributed by atoms with Gasteiger partial charge in [0.15, 0.2) is 0 Å². The number of hydrogen-bond donors (Lipinski definition) is 1. The lowest BCUT2D eigenvalue weighted by Crippen LogP contribution is -2.11. The minimum Gasteiger partial charge on any atom is -0.494 e. The quantitative estimate of drug-likeness (QED) is 0.773. The maximum absolute atomic E-state index is 5.56. The van der Waals surface area contributed by atoms with Crippen molar-refractivity contribution in [3.8, 4) is 5.75 Å². The van der Waals surface area contributed by atoms with Crippen LogP contribution in [0.25, 0.3) is 0 Å². The second-order valence-electron chi connectivity index (χ2n) is 3.40. The van der Waals surface area contributed by atoms with E-state index in [0.29, 0.717) is 0 Å². The molecular formula is C12H19NO. The topological polar surface area (TPSA) is 21.3 Å². The molecule has 2 heteroatoms. The number of nitrogens with one attached hydrogen (secondary N) is 1. The Morgan fingerprint density at radius 3 is 2.79 bits per heavy atom. The van der Waals surface area contributed by atoms with E-state index < -0.39 is 0 Å². The van der Waals surface area contributed by atoms with E-state index in [-0.39, 0.29) is 0 Å². The van der Waals surface area contributed by atoms with Gasteiger partial charge in [-0.15, -0.1) is 0 Å². The minimum atomic E-state index is 0.732. The largest absolute Gasteiger partial charge is 0.494 e. The molecule has 0 saturated heterocycles. The molecule has 2 nitrogen and oxygen atoms in total. The third kappa shape index (κ3) is 3.04. The van der Waals surface area contributed by atoms with Crippen molar-refractivity contribution >= 4 is 0 Å². The fraction of sp³-hybridized carbons (Fsp3) is 0.500. The molecule has 1 aromatic rings. The molecule has 0 atom stereocenters. The zero-order valence-corrected chi connectivity index (χ0v) is 9.26. The van der Waals surface area contributed by atoms with E-state index in [9.17, 15) is 0 Å². The highest BCUT2D eigenvalue weighted by Crippen LogP contribution is 2.20. The Bertz CT molecular complexity index is 284. The average molecular weight is 193 g/mol. The fourth-order valence-corrected chi connectivity index (χ4v) is 1.46. The highest BCUT2D eigenvalue weighted by molar-refractivity contribution is 5.37.